The zero-order chi connectivity index (χ0) is 21.8. The molecule has 0 bridgehead atoms. The first kappa shape index (κ1) is 21.2. The highest BCUT2D eigenvalue weighted by Crippen LogP contribution is 2.36. The van der Waals surface area contributed by atoms with Gasteiger partial charge in [0.2, 0.25) is 11.8 Å². The zero-order valence-corrected chi connectivity index (χ0v) is 18.1. The van der Waals surface area contributed by atoms with Gasteiger partial charge in [0.1, 0.15) is 11.5 Å². The maximum Gasteiger partial charge on any atom is 0.228 e. The van der Waals surface area contributed by atoms with E-state index in [4.69, 9.17) is 9.47 Å². The molecule has 1 atom stereocenters. The molecule has 7 heteroatoms. The van der Waals surface area contributed by atoms with Crippen LogP contribution < -0.4 is 14.4 Å². The maximum absolute atomic E-state index is 13.1. The van der Waals surface area contributed by atoms with Crippen LogP contribution >= 0.6 is 0 Å². The Bertz CT molecular complexity index is 926. The first-order valence-electron chi connectivity index (χ1n) is 10.7. The van der Waals surface area contributed by atoms with Crippen LogP contribution in [0.4, 0.5) is 5.69 Å². The minimum absolute atomic E-state index is 0.0624. The van der Waals surface area contributed by atoms with Crippen LogP contribution in [0.15, 0.2) is 48.5 Å². The van der Waals surface area contributed by atoms with Crippen LogP contribution in [0.3, 0.4) is 0 Å². The Morgan fingerprint density at radius 1 is 1.00 bits per heavy atom. The number of methoxy groups -OCH3 is 2. The number of benzene rings is 2. The van der Waals surface area contributed by atoms with Gasteiger partial charge in [-0.25, -0.2) is 0 Å². The van der Waals surface area contributed by atoms with Gasteiger partial charge in [-0.1, -0.05) is 30.3 Å². The van der Waals surface area contributed by atoms with E-state index in [0.29, 0.717) is 36.8 Å². The van der Waals surface area contributed by atoms with Crippen molar-refractivity contribution in [2.24, 2.45) is 5.92 Å². The number of rotatable bonds is 6. The van der Waals surface area contributed by atoms with Crippen LogP contribution in [0.2, 0.25) is 0 Å². The molecule has 2 aliphatic rings. The largest absolute Gasteiger partial charge is 0.497 e. The molecule has 0 radical (unpaired) electrons. The number of carbonyl (C=O) groups is 2. The average molecular weight is 424 g/mol. The SMILES string of the molecule is COc1ccc(OC)c(N2CC(C(=O)N3CCN(Cc4ccccc4)CC3)CC2=O)c1. The van der Waals surface area contributed by atoms with E-state index < -0.39 is 0 Å². The third-order valence-electron chi connectivity index (χ3n) is 6.08. The van der Waals surface area contributed by atoms with Crippen molar-refractivity contribution in [1.29, 1.82) is 0 Å². The van der Waals surface area contributed by atoms with Crippen LogP contribution in [-0.4, -0.2) is 68.6 Å². The molecule has 2 heterocycles. The Morgan fingerprint density at radius 2 is 1.74 bits per heavy atom. The Balaban J connectivity index is 1.37. The molecule has 0 aromatic heterocycles. The average Bonchev–Trinajstić information content (AvgIpc) is 3.20. The maximum atomic E-state index is 13.1. The summed E-state index contributed by atoms with van der Waals surface area (Å²) in [6.45, 7) is 4.33. The predicted molar refractivity (Wildman–Crippen MR) is 118 cm³/mol. The van der Waals surface area contributed by atoms with Crippen LogP contribution in [-0.2, 0) is 16.1 Å². The summed E-state index contributed by atoms with van der Waals surface area (Å²) >= 11 is 0. The molecule has 7 nitrogen and oxygen atoms in total. The summed E-state index contributed by atoms with van der Waals surface area (Å²) in [5.41, 5.74) is 1.93. The second kappa shape index (κ2) is 9.39. The van der Waals surface area contributed by atoms with Crippen molar-refractivity contribution in [1.82, 2.24) is 9.80 Å². The highest BCUT2D eigenvalue weighted by molar-refractivity contribution is 6.01. The topological polar surface area (TPSA) is 62.3 Å². The Labute approximate surface area is 183 Å². The lowest BCUT2D eigenvalue weighted by molar-refractivity contribution is -0.137. The summed E-state index contributed by atoms with van der Waals surface area (Å²) in [6.07, 6.45) is 0.226. The van der Waals surface area contributed by atoms with Gasteiger partial charge in [-0.05, 0) is 17.7 Å². The summed E-state index contributed by atoms with van der Waals surface area (Å²) < 4.78 is 10.7. The molecule has 0 aliphatic carbocycles. The predicted octanol–water partition coefficient (Wildman–Crippen LogP) is 2.40. The van der Waals surface area contributed by atoms with Gasteiger partial charge >= 0.3 is 0 Å². The molecule has 2 saturated heterocycles. The Hall–Kier alpha value is -3.06. The van der Waals surface area contributed by atoms with Crippen molar-refractivity contribution >= 4 is 17.5 Å². The standard InChI is InChI=1S/C24H29N3O4/c1-30-20-8-9-22(31-2)21(15-20)27-17-19(14-23(27)28)24(29)26-12-10-25(11-13-26)16-18-6-4-3-5-7-18/h3-9,15,19H,10-14,16-17H2,1-2H3. The van der Waals surface area contributed by atoms with Crippen LogP contribution in [0.5, 0.6) is 11.5 Å². The highest BCUT2D eigenvalue weighted by Gasteiger charge is 2.39. The van der Waals surface area contributed by atoms with Crippen LogP contribution in [0.1, 0.15) is 12.0 Å². The molecule has 164 valence electrons. The van der Waals surface area contributed by atoms with E-state index in [1.165, 1.54) is 5.56 Å². The van der Waals surface area contributed by atoms with E-state index in [2.05, 4.69) is 29.2 Å². The second-order valence-electron chi connectivity index (χ2n) is 8.03. The van der Waals surface area contributed by atoms with Crippen molar-refractivity contribution in [2.75, 3.05) is 51.8 Å². The highest BCUT2D eigenvalue weighted by atomic mass is 16.5. The molecule has 0 saturated carbocycles. The third-order valence-corrected chi connectivity index (χ3v) is 6.08. The van der Waals surface area contributed by atoms with Crippen LogP contribution in [0, 0.1) is 5.92 Å². The lowest BCUT2D eigenvalue weighted by atomic mass is 10.1. The van der Waals surface area contributed by atoms with E-state index in [9.17, 15) is 9.59 Å². The molecule has 2 aromatic rings. The van der Waals surface area contributed by atoms with E-state index in [1.54, 1.807) is 37.3 Å². The van der Waals surface area contributed by atoms with Gasteiger partial charge in [0.05, 0.1) is 25.8 Å². The van der Waals surface area contributed by atoms with Gasteiger partial charge < -0.3 is 19.3 Å². The van der Waals surface area contributed by atoms with E-state index in [0.717, 1.165) is 19.6 Å². The molecular formula is C24H29N3O4. The summed E-state index contributed by atoms with van der Waals surface area (Å²) in [5, 5.41) is 0. The molecule has 31 heavy (non-hydrogen) atoms. The lowest BCUT2D eigenvalue weighted by Gasteiger charge is -2.36. The molecule has 2 amide bonds. The van der Waals surface area contributed by atoms with Gasteiger partial charge in [0, 0.05) is 51.8 Å². The molecule has 2 fully saturated rings. The molecule has 0 N–H and O–H groups in total. The summed E-state index contributed by atoms with van der Waals surface area (Å²) in [7, 11) is 3.16. The van der Waals surface area contributed by atoms with Crippen molar-refractivity contribution in [3.8, 4) is 11.5 Å². The van der Waals surface area contributed by atoms with Crippen molar-refractivity contribution < 1.29 is 19.1 Å². The quantitative estimate of drug-likeness (QED) is 0.714. The number of nitrogens with zero attached hydrogens (tertiary/aromatic N) is 3. The number of hydrogen-bond donors (Lipinski definition) is 0. The number of anilines is 1. The smallest absolute Gasteiger partial charge is 0.228 e. The van der Waals surface area contributed by atoms with Gasteiger partial charge in [-0.3, -0.25) is 14.5 Å². The molecule has 2 aromatic carbocycles. The van der Waals surface area contributed by atoms with E-state index in [1.807, 2.05) is 11.0 Å². The fraction of sp³-hybridized carbons (Fsp3) is 0.417. The zero-order valence-electron chi connectivity index (χ0n) is 18.1. The molecule has 2 aliphatic heterocycles. The van der Waals surface area contributed by atoms with Gasteiger partial charge in [-0.2, -0.15) is 0 Å². The van der Waals surface area contributed by atoms with E-state index in [-0.39, 0.29) is 24.2 Å². The van der Waals surface area contributed by atoms with Crippen LogP contribution in [0.25, 0.3) is 0 Å². The number of amides is 2. The summed E-state index contributed by atoms with van der Waals surface area (Å²) in [4.78, 5) is 31.8. The number of hydrogen-bond acceptors (Lipinski definition) is 5. The first-order chi connectivity index (χ1) is 15.1. The van der Waals surface area contributed by atoms with Gasteiger partial charge in [0.15, 0.2) is 0 Å². The Morgan fingerprint density at radius 3 is 2.42 bits per heavy atom. The minimum atomic E-state index is -0.330. The molecule has 1 unspecified atom stereocenters. The van der Waals surface area contributed by atoms with Gasteiger partial charge in [-0.15, -0.1) is 0 Å². The fourth-order valence-electron chi connectivity index (χ4n) is 4.34. The number of ether oxygens (including phenoxy) is 2. The normalized spacial score (nSPS) is 19.5. The first-order valence-corrected chi connectivity index (χ1v) is 10.7. The van der Waals surface area contributed by atoms with Crippen molar-refractivity contribution in [3.05, 3.63) is 54.1 Å². The Kier molecular flexibility index (Phi) is 6.42. The second-order valence-corrected chi connectivity index (χ2v) is 8.03. The molecule has 0 spiro atoms. The third kappa shape index (κ3) is 4.66. The van der Waals surface area contributed by atoms with Crippen molar-refractivity contribution in [3.63, 3.8) is 0 Å². The van der Waals surface area contributed by atoms with Crippen molar-refractivity contribution in [2.45, 2.75) is 13.0 Å². The number of carbonyl (C=O) groups excluding carboxylic acids is 2. The minimum Gasteiger partial charge on any atom is -0.497 e. The van der Waals surface area contributed by atoms with Gasteiger partial charge in [0.25, 0.3) is 0 Å². The number of piperazine rings is 1. The summed E-state index contributed by atoms with van der Waals surface area (Å²) in [5.74, 6) is 0.915. The molecular weight excluding hydrogens is 394 g/mol. The van der Waals surface area contributed by atoms with E-state index >= 15 is 0 Å². The lowest BCUT2D eigenvalue weighted by Crippen LogP contribution is -2.50. The fourth-order valence-corrected chi connectivity index (χ4v) is 4.34. The monoisotopic (exact) mass is 423 g/mol. The summed E-state index contributed by atoms with van der Waals surface area (Å²) in [6, 6.07) is 15.7. The molecule has 4 rings (SSSR count).